The Kier molecular flexibility index (Phi) is 5.05. The van der Waals surface area contributed by atoms with Gasteiger partial charge in [0, 0.05) is 30.8 Å². The van der Waals surface area contributed by atoms with E-state index < -0.39 is 0 Å². The zero-order valence-electron chi connectivity index (χ0n) is 11.9. The largest absolute Gasteiger partial charge is 0.376 e. The summed E-state index contributed by atoms with van der Waals surface area (Å²) in [6, 6.07) is 4.05. The summed E-state index contributed by atoms with van der Waals surface area (Å²) >= 11 is 3.30. The molecule has 1 aliphatic rings. The van der Waals surface area contributed by atoms with E-state index in [9.17, 15) is 0 Å². The smallest absolute Gasteiger partial charge is 0.206 e. The van der Waals surface area contributed by atoms with Crippen LogP contribution in [0.3, 0.4) is 0 Å². The molecule has 2 unspecified atom stereocenters. The molecule has 0 saturated carbocycles. The van der Waals surface area contributed by atoms with E-state index >= 15 is 0 Å². The van der Waals surface area contributed by atoms with E-state index in [-0.39, 0.29) is 0 Å². The molecule has 0 amide bonds. The number of nitrogens with one attached hydrogen (secondary N) is 1. The number of hydrogen-bond donors (Lipinski definition) is 1. The SMILES string of the molecule is CC(Sc1nnc(NCC2CCCO2)s1)c1cccnc1. The summed E-state index contributed by atoms with van der Waals surface area (Å²) in [5.74, 6) is 0. The van der Waals surface area contributed by atoms with Gasteiger partial charge >= 0.3 is 0 Å². The van der Waals surface area contributed by atoms with E-state index in [4.69, 9.17) is 4.74 Å². The molecule has 2 atom stereocenters. The van der Waals surface area contributed by atoms with E-state index in [1.54, 1.807) is 29.3 Å². The van der Waals surface area contributed by atoms with Crippen molar-refractivity contribution in [3.8, 4) is 0 Å². The van der Waals surface area contributed by atoms with Crippen molar-refractivity contribution in [3.63, 3.8) is 0 Å². The summed E-state index contributed by atoms with van der Waals surface area (Å²) in [4.78, 5) is 4.15. The van der Waals surface area contributed by atoms with Crippen molar-refractivity contribution in [1.82, 2.24) is 15.2 Å². The van der Waals surface area contributed by atoms with Crippen molar-refractivity contribution in [1.29, 1.82) is 0 Å². The van der Waals surface area contributed by atoms with Gasteiger partial charge < -0.3 is 10.1 Å². The van der Waals surface area contributed by atoms with Crippen LogP contribution in [0.25, 0.3) is 0 Å². The Morgan fingerprint density at radius 2 is 2.48 bits per heavy atom. The zero-order chi connectivity index (χ0) is 14.5. The zero-order valence-corrected chi connectivity index (χ0v) is 13.5. The number of nitrogens with zero attached hydrogens (tertiary/aromatic N) is 3. The molecule has 0 aromatic carbocycles. The molecule has 3 rings (SSSR count). The van der Waals surface area contributed by atoms with Gasteiger partial charge in [-0.2, -0.15) is 0 Å². The van der Waals surface area contributed by atoms with Crippen molar-refractivity contribution >= 4 is 28.2 Å². The Morgan fingerprint density at radius 1 is 1.52 bits per heavy atom. The first-order valence-corrected chi connectivity index (χ1v) is 8.76. The number of aromatic nitrogens is 3. The molecule has 5 nitrogen and oxygen atoms in total. The van der Waals surface area contributed by atoms with Crippen LogP contribution in [-0.2, 0) is 4.74 Å². The van der Waals surface area contributed by atoms with Crippen LogP contribution in [0.2, 0.25) is 0 Å². The van der Waals surface area contributed by atoms with Gasteiger partial charge in [-0.25, -0.2) is 0 Å². The lowest BCUT2D eigenvalue weighted by atomic mass is 10.2. The molecule has 0 aliphatic carbocycles. The first-order chi connectivity index (χ1) is 10.3. The normalized spacial score (nSPS) is 19.6. The Bertz CT molecular complexity index is 557. The lowest BCUT2D eigenvalue weighted by Crippen LogP contribution is -2.18. The standard InChI is InChI=1S/C14H18N4OS2/c1-10(11-4-2-6-15-8-11)20-14-18-17-13(21-14)16-9-12-5-3-7-19-12/h2,4,6,8,10,12H,3,5,7,9H2,1H3,(H,16,17). The predicted molar refractivity (Wildman–Crippen MR) is 85.9 cm³/mol. The molecular weight excluding hydrogens is 304 g/mol. The van der Waals surface area contributed by atoms with Gasteiger partial charge in [-0.3, -0.25) is 4.98 Å². The van der Waals surface area contributed by atoms with E-state index in [0.29, 0.717) is 11.4 Å². The van der Waals surface area contributed by atoms with Gasteiger partial charge in [-0.1, -0.05) is 29.2 Å². The van der Waals surface area contributed by atoms with Crippen LogP contribution in [0, 0.1) is 0 Å². The van der Waals surface area contributed by atoms with Crippen LogP contribution in [0.4, 0.5) is 5.13 Å². The Labute approximate surface area is 132 Å². The molecular formula is C14H18N4OS2. The monoisotopic (exact) mass is 322 g/mol. The van der Waals surface area contributed by atoms with Crippen LogP contribution < -0.4 is 5.32 Å². The van der Waals surface area contributed by atoms with Crippen LogP contribution in [0.5, 0.6) is 0 Å². The third-order valence-electron chi connectivity index (χ3n) is 3.34. The van der Waals surface area contributed by atoms with Gasteiger partial charge in [0.05, 0.1) is 6.10 Å². The molecule has 3 heterocycles. The highest BCUT2D eigenvalue weighted by Crippen LogP contribution is 2.36. The fraction of sp³-hybridized carbons (Fsp3) is 0.500. The summed E-state index contributed by atoms with van der Waals surface area (Å²) < 4.78 is 6.56. The number of anilines is 1. The maximum Gasteiger partial charge on any atom is 0.206 e. The summed E-state index contributed by atoms with van der Waals surface area (Å²) in [5, 5.41) is 12.9. The van der Waals surface area contributed by atoms with E-state index in [2.05, 4.69) is 33.5 Å². The maximum absolute atomic E-state index is 5.59. The van der Waals surface area contributed by atoms with Gasteiger partial charge in [-0.05, 0) is 31.4 Å². The van der Waals surface area contributed by atoms with Gasteiger partial charge in [0.15, 0.2) is 4.34 Å². The summed E-state index contributed by atoms with van der Waals surface area (Å²) in [6.45, 7) is 3.85. The summed E-state index contributed by atoms with van der Waals surface area (Å²) in [7, 11) is 0. The number of pyridine rings is 1. The molecule has 2 aromatic rings. The number of hydrogen-bond acceptors (Lipinski definition) is 7. The average Bonchev–Trinajstić information content (AvgIpc) is 3.17. The van der Waals surface area contributed by atoms with Crippen molar-refractivity contribution in [2.75, 3.05) is 18.5 Å². The fourth-order valence-electron chi connectivity index (χ4n) is 2.17. The predicted octanol–water partition coefficient (Wildman–Crippen LogP) is 3.38. The minimum atomic E-state index is 0.317. The van der Waals surface area contributed by atoms with Crippen LogP contribution in [0.15, 0.2) is 28.9 Å². The number of rotatable bonds is 6. The molecule has 112 valence electrons. The summed E-state index contributed by atoms with van der Waals surface area (Å²) in [6.07, 6.45) is 6.30. The van der Waals surface area contributed by atoms with E-state index in [1.165, 1.54) is 5.56 Å². The second-order valence-electron chi connectivity index (χ2n) is 4.94. The van der Waals surface area contributed by atoms with Crippen LogP contribution in [0.1, 0.15) is 30.6 Å². The Hall–Kier alpha value is -1.18. The third kappa shape index (κ3) is 4.15. The molecule has 1 aliphatic heterocycles. The topological polar surface area (TPSA) is 59.9 Å². The second kappa shape index (κ2) is 7.20. The first kappa shape index (κ1) is 14.7. The highest BCUT2D eigenvalue weighted by atomic mass is 32.2. The maximum atomic E-state index is 5.59. The minimum absolute atomic E-state index is 0.317. The highest BCUT2D eigenvalue weighted by molar-refractivity contribution is 8.01. The average molecular weight is 322 g/mol. The van der Waals surface area contributed by atoms with E-state index in [0.717, 1.165) is 35.5 Å². The van der Waals surface area contributed by atoms with Crippen molar-refractivity contribution < 1.29 is 4.74 Å². The molecule has 0 bridgehead atoms. The summed E-state index contributed by atoms with van der Waals surface area (Å²) in [5.41, 5.74) is 1.20. The fourth-order valence-corrected chi connectivity index (χ4v) is 4.18. The second-order valence-corrected chi connectivity index (χ2v) is 7.50. The molecule has 21 heavy (non-hydrogen) atoms. The lowest BCUT2D eigenvalue weighted by molar-refractivity contribution is 0.120. The molecule has 7 heteroatoms. The first-order valence-electron chi connectivity index (χ1n) is 7.07. The van der Waals surface area contributed by atoms with Gasteiger partial charge in [0.25, 0.3) is 0 Å². The highest BCUT2D eigenvalue weighted by Gasteiger charge is 2.16. The molecule has 1 saturated heterocycles. The molecule has 0 radical (unpaired) electrons. The van der Waals surface area contributed by atoms with Gasteiger partial charge in [0.1, 0.15) is 0 Å². The van der Waals surface area contributed by atoms with Crippen LogP contribution >= 0.6 is 23.1 Å². The van der Waals surface area contributed by atoms with Crippen molar-refractivity contribution in [3.05, 3.63) is 30.1 Å². The number of ether oxygens (including phenoxy) is 1. The minimum Gasteiger partial charge on any atom is -0.376 e. The Balaban J connectivity index is 1.52. The number of thioether (sulfide) groups is 1. The van der Waals surface area contributed by atoms with Gasteiger partial charge in [0.2, 0.25) is 5.13 Å². The van der Waals surface area contributed by atoms with Crippen molar-refractivity contribution in [2.24, 2.45) is 0 Å². The van der Waals surface area contributed by atoms with Gasteiger partial charge in [-0.15, -0.1) is 10.2 Å². The third-order valence-corrected chi connectivity index (χ3v) is 5.47. The molecule has 2 aromatic heterocycles. The Morgan fingerprint density at radius 3 is 3.24 bits per heavy atom. The van der Waals surface area contributed by atoms with Crippen LogP contribution in [-0.4, -0.2) is 34.4 Å². The van der Waals surface area contributed by atoms with Crippen molar-refractivity contribution in [2.45, 2.75) is 35.5 Å². The molecule has 1 N–H and O–H groups in total. The van der Waals surface area contributed by atoms with E-state index in [1.807, 2.05) is 12.3 Å². The molecule has 1 fully saturated rings. The molecule has 0 spiro atoms. The lowest BCUT2D eigenvalue weighted by Gasteiger charge is -2.09. The quantitative estimate of drug-likeness (QED) is 0.823.